The highest BCUT2D eigenvalue weighted by Crippen LogP contribution is 2.08. The highest BCUT2D eigenvalue weighted by Gasteiger charge is 2.21. The molecule has 1 heterocycles. The van der Waals surface area contributed by atoms with Crippen molar-refractivity contribution < 1.29 is 14.7 Å². The summed E-state index contributed by atoms with van der Waals surface area (Å²) >= 11 is 0. The standard InChI is InChI=1S/C18H31N3O2.CH2O2/c1-7-20(13-12-19(5)6)17(22)16-15(4)9-11-21(18(16)23)10-8-14(2)3;2-1-3/h9,11,14H,7-8,10,12-13H2,1-6H3;1H,(H,2,3). The SMILES string of the molecule is CCN(CCN(C)C)C(=O)c1c(C)ccn(CCC(C)C)c1=O.O=CO. The van der Waals surface area contributed by atoms with E-state index in [1.165, 1.54) is 0 Å². The van der Waals surface area contributed by atoms with E-state index in [9.17, 15) is 9.59 Å². The van der Waals surface area contributed by atoms with E-state index in [1.807, 2.05) is 38.9 Å². The van der Waals surface area contributed by atoms with Crippen LogP contribution in [0.1, 0.15) is 43.1 Å². The summed E-state index contributed by atoms with van der Waals surface area (Å²) in [5, 5.41) is 6.89. The van der Waals surface area contributed by atoms with Crippen LogP contribution in [0.15, 0.2) is 17.1 Å². The first kappa shape index (κ1) is 23.9. The molecule has 7 heteroatoms. The number of carbonyl (C=O) groups is 2. The maximum absolute atomic E-state index is 12.8. The van der Waals surface area contributed by atoms with E-state index in [4.69, 9.17) is 9.90 Å². The third kappa shape index (κ3) is 7.82. The number of amides is 1. The Kier molecular flexibility index (Phi) is 11.2. The van der Waals surface area contributed by atoms with Crippen molar-refractivity contribution in [1.82, 2.24) is 14.4 Å². The number of likely N-dealkylation sites (N-methyl/N-ethyl adjacent to an activating group) is 2. The van der Waals surface area contributed by atoms with Crippen LogP contribution in [0.25, 0.3) is 0 Å². The van der Waals surface area contributed by atoms with Crippen LogP contribution in [0.3, 0.4) is 0 Å². The van der Waals surface area contributed by atoms with Gasteiger partial charge in [-0.25, -0.2) is 0 Å². The Bertz CT molecular complexity index is 624. The van der Waals surface area contributed by atoms with Crippen molar-refractivity contribution >= 4 is 12.4 Å². The minimum Gasteiger partial charge on any atom is -0.483 e. The highest BCUT2D eigenvalue weighted by atomic mass is 16.3. The van der Waals surface area contributed by atoms with Crippen molar-refractivity contribution in [3.63, 3.8) is 0 Å². The van der Waals surface area contributed by atoms with E-state index in [2.05, 4.69) is 13.8 Å². The van der Waals surface area contributed by atoms with Gasteiger partial charge >= 0.3 is 0 Å². The van der Waals surface area contributed by atoms with Gasteiger partial charge in [-0.15, -0.1) is 0 Å². The van der Waals surface area contributed by atoms with Crippen LogP contribution in [-0.2, 0) is 11.3 Å². The predicted molar refractivity (Wildman–Crippen MR) is 104 cm³/mol. The average molecular weight is 367 g/mol. The molecule has 1 N–H and O–H groups in total. The van der Waals surface area contributed by atoms with Gasteiger partial charge in [-0.3, -0.25) is 14.4 Å². The molecule has 1 rings (SSSR count). The number of aryl methyl sites for hydroxylation is 2. The van der Waals surface area contributed by atoms with Gasteiger partial charge in [0.25, 0.3) is 17.9 Å². The van der Waals surface area contributed by atoms with Crippen LogP contribution in [0, 0.1) is 12.8 Å². The first-order valence-corrected chi connectivity index (χ1v) is 8.91. The molecule has 0 fully saturated rings. The summed E-state index contributed by atoms with van der Waals surface area (Å²) in [5.74, 6) is 0.366. The van der Waals surface area contributed by atoms with Crippen LogP contribution >= 0.6 is 0 Å². The second kappa shape index (κ2) is 12.2. The van der Waals surface area contributed by atoms with E-state index in [0.717, 1.165) is 18.5 Å². The molecule has 1 amide bonds. The highest BCUT2D eigenvalue weighted by molar-refractivity contribution is 5.95. The van der Waals surface area contributed by atoms with E-state index >= 15 is 0 Å². The third-order valence-corrected chi connectivity index (χ3v) is 4.02. The summed E-state index contributed by atoms with van der Waals surface area (Å²) in [6.45, 7) is 10.5. The minimum atomic E-state index is -0.250. The van der Waals surface area contributed by atoms with Crippen molar-refractivity contribution in [2.75, 3.05) is 33.7 Å². The fraction of sp³-hybridized carbons (Fsp3) is 0.632. The smallest absolute Gasteiger partial charge is 0.290 e. The van der Waals surface area contributed by atoms with Crippen molar-refractivity contribution in [2.45, 2.75) is 40.7 Å². The van der Waals surface area contributed by atoms with Crippen LogP contribution < -0.4 is 5.56 Å². The molecular formula is C19H33N3O4. The van der Waals surface area contributed by atoms with Gasteiger partial charge in [-0.05, 0) is 51.9 Å². The maximum atomic E-state index is 12.8. The lowest BCUT2D eigenvalue weighted by molar-refractivity contribution is -0.122. The number of carbonyl (C=O) groups excluding carboxylic acids is 1. The fourth-order valence-electron chi connectivity index (χ4n) is 2.38. The number of carboxylic acid groups (broad SMARTS) is 1. The maximum Gasteiger partial charge on any atom is 0.290 e. The Morgan fingerprint density at radius 2 is 1.88 bits per heavy atom. The minimum absolute atomic E-state index is 0.157. The van der Waals surface area contributed by atoms with E-state index in [-0.39, 0.29) is 17.9 Å². The second-order valence-corrected chi connectivity index (χ2v) is 6.85. The summed E-state index contributed by atoms with van der Waals surface area (Å²) in [6.07, 6.45) is 2.72. The molecule has 0 spiro atoms. The van der Waals surface area contributed by atoms with Gasteiger partial charge in [-0.1, -0.05) is 13.8 Å². The molecule has 0 radical (unpaired) electrons. The zero-order valence-corrected chi connectivity index (χ0v) is 16.9. The van der Waals surface area contributed by atoms with Gasteiger partial charge < -0.3 is 19.5 Å². The van der Waals surface area contributed by atoms with E-state index in [0.29, 0.717) is 31.1 Å². The molecule has 0 saturated heterocycles. The normalized spacial score (nSPS) is 10.5. The van der Waals surface area contributed by atoms with Crippen molar-refractivity contribution in [3.8, 4) is 0 Å². The van der Waals surface area contributed by atoms with Crippen molar-refractivity contribution in [1.29, 1.82) is 0 Å². The van der Waals surface area contributed by atoms with E-state index in [1.54, 1.807) is 15.7 Å². The lowest BCUT2D eigenvalue weighted by Gasteiger charge is -2.23. The number of nitrogens with zero attached hydrogens (tertiary/aromatic N) is 3. The van der Waals surface area contributed by atoms with Crippen molar-refractivity contribution in [2.24, 2.45) is 5.92 Å². The topological polar surface area (TPSA) is 82.8 Å². The summed E-state index contributed by atoms with van der Waals surface area (Å²) in [7, 11) is 3.95. The Morgan fingerprint density at radius 1 is 1.31 bits per heavy atom. The monoisotopic (exact) mass is 367 g/mol. The Morgan fingerprint density at radius 3 is 2.35 bits per heavy atom. The molecule has 0 unspecified atom stereocenters. The Balaban J connectivity index is 0.00000194. The zero-order valence-electron chi connectivity index (χ0n) is 16.9. The molecule has 0 aromatic carbocycles. The van der Waals surface area contributed by atoms with Crippen molar-refractivity contribution in [3.05, 3.63) is 33.7 Å². The summed E-state index contributed by atoms with van der Waals surface area (Å²) in [4.78, 5) is 37.7. The number of pyridine rings is 1. The molecule has 0 aliphatic heterocycles. The molecule has 0 saturated carbocycles. The molecule has 0 aliphatic rings. The third-order valence-electron chi connectivity index (χ3n) is 4.02. The van der Waals surface area contributed by atoms with Gasteiger partial charge in [0.05, 0.1) is 0 Å². The molecule has 7 nitrogen and oxygen atoms in total. The molecular weight excluding hydrogens is 334 g/mol. The number of hydrogen-bond acceptors (Lipinski definition) is 4. The van der Waals surface area contributed by atoms with Gasteiger partial charge in [-0.2, -0.15) is 0 Å². The fourth-order valence-corrected chi connectivity index (χ4v) is 2.38. The first-order chi connectivity index (χ1) is 12.2. The van der Waals surface area contributed by atoms with Gasteiger partial charge in [0.1, 0.15) is 5.56 Å². The first-order valence-electron chi connectivity index (χ1n) is 8.91. The van der Waals surface area contributed by atoms with Crippen LogP contribution in [0.4, 0.5) is 0 Å². The average Bonchev–Trinajstić information content (AvgIpc) is 2.55. The largest absolute Gasteiger partial charge is 0.483 e. The van der Waals surface area contributed by atoms with Crippen LogP contribution in [0.2, 0.25) is 0 Å². The Labute approximate surface area is 156 Å². The zero-order chi connectivity index (χ0) is 20.3. The molecule has 0 aliphatic carbocycles. The summed E-state index contributed by atoms with van der Waals surface area (Å²) < 4.78 is 1.67. The predicted octanol–water partition coefficient (Wildman–Crippen LogP) is 1.93. The lowest BCUT2D eigenvalue weighted by atomic mass is 10.1. The van der Waals surface area contributed by atoms with Gasteiger partial charge in [0.15, 0.2) is 0 Å². The molecule has 148 valence electrons. The summed E-state index contributed by atoms with van der Waals surface area (Å²) in [5.41, 5.74) is 0.903. The van der Waals surface area contributed by atoms with Gasteiger partial charge in [0.2, 0.25) is 0 Å². The van der Waals surface area contributed by atoms with E-state index < -0.39 is 0 Å². The quantitative estimate of drug-likeness (QED) is 0.710. The molecule has 1 aromatic rings. The number of hydrogen-bond donors (Lipinski definition) is 1. The number of aromatic nitrogens is 1. The van der Waals surface area contributed by atoms with Crippen LogP contribution in [-0.4, -0.2) is 65.6 Å². The van der Waals surface area contributed by atoms with Crippen LogP contribution in [0.5, 0.6) is 0 Å². The molecule has 0 bridgehead atoms. The lowest BCUT2D eigenvalue weighted by Crippen LogP contribution is -2.40. The second-order valence-electron chi connectivity index (χ2n) is 6.85. The Hall–Kier alpha value is -2.15. The molecule has 26 heavy (non-hydrogen) atoms. The molecule has 0 atom stereocenters. The number of rotatable bonds is 8. The molecule has 1 aromatic heterocycles. The van der Waals surface area contributed by atoms with Gasteiger partial charge in [0, 0.05) is 32.4 Å². The summed E-state index contributed by atoms with van der Waals surface area (Å²) in [6, 6.07) is 1.87.